The van der Waals surface area contributed by atoms with Crippen molar-refractivity contribution in [2.75, 3.05) is 4.90 Å². The number of rotatable bonds is 2. The van der Waals surface area contributed by atoms with Crippen LogP contribution in [0.25, 0.3) is 0 Å². The molecule has 1 aromatic rings. The number of hydrogen-bond acceptors (Lipinski definition) is 3. The summed E-state index contributed by atoms with van der Waals surface area (Å²) in [4.78, 5) is 16.6. The van der Waals surface area contributed by atoms with Gasteiger partial charge in [-0.15, -0.1) is 11.3 Å². The standard InChI is InChI=1S/C7H9N3OS/c8-6(11)10(5-1-2-5)7-9-3-4-12-7/h3-5H,1-2H2,(H2,8,11). The Labute approximate surface area is 74.0 Å². The van der Waals surface area contributed by atoms with E-state index < -0.39 is 6.03 Å². The van der Waals surface area contributed by atoms with Gasteiger partial charge in [0.15, 0.2) is 5.13 Å². The number of amides is 2. The van der Waals surface area contributed by atoms with Crippen LogP contribution in [0.3, 0.4) is 0 Å². The average Bonchev–Trinajstić information content (AvgIpc) is 2.65. The molecule has 1 heterocycles. The summed E-state index contributed by atoms with van der Waals surface area (Å²) in [6, 6.07) is -0.0962. The van der Waals surface area contributed by atoms with E-state index in [4.69, 9.17) is 5.73 Å². The molecule has 0 atom stereocenters. The lowest BCUT2D eigenvalue weighted by molar-refractivity contribution is 0.253. The molecule has 1 aliphatic carbocycles. The van der Waals surface area contributed by atoms with Crippen molar-refractivity contribution in [1.29, 1.82) is 0 Å². The maximum absolute atomic E-state index is 11.0. The third-order valence-corrected chi connectivity index (χ3v) is 2.55. The van der Waals surface area contributed by atoms with Gasteiger partial charge in [-0.3, -0.25) is 4.90 Å². The number of thiazole rings is 1. The van der Waals surface area contributed by atoms with Crippen LogP contribution in [0, 0.1) is 0 Å². The van der Waals surface area contributed by atoms with Crippen LogP contribution in [-0.2, 0) is 0 Å². The molecular formula is C7H9N3OS. The van der Waals surface area contributed by atoms with Crippen molar-refractivity contribution in [1.82, 2.24) is 4.98 Å². The Hall–Kier alpha value is -1.10. The summed E-state index contributed by atoms with van der Waals surface area (Å²) < 4.78 is 0. The first-order valence-electron chi connectivity index (χ1n) is 3.77. The summed E-state index contributed by atoms with van der Waals surface area (Å²) >= 11 is 1.44. The zero-order valence-electron chi connectivity index (χ0n) is 6.43. The van der Waals surface area contributed by atoms with E-state index in [-0.39, 0.29) is 0 Å². The summed E-state index contributed by atoms with van der Waals surface area (Å²) in [6.45, 7) is 0. The Kier molecular flexibility index (Phi) is 1.73. The fourth-order valence-corrected chi connectivity index (χ4v) is 1.82. The van der Waals surface area contributed by atoms with Crippen LogP contribution in [-0.4, -0.2) is 17.1 Å². The first kappa shape index (κ1) is 7.54. The summed E-state index contributed by atoms with van der Waals surface area (Å²) in [5.41, 5.74) is 5.22. The minimum absolute atomic E-state index is 0.300. The Morgan fingerprint density at radius 2 is 2.50 bits per heavy atom. The van der Waals surface area contributed by atoms with E-state index in [2.05, 4.69) is 4.98 Å². The lowest BCUT2D eigenvalue weighted by Crippen LogP contribution is -2.37. The van der Waals surface area contributed by atoms with Crippen LogP contribution in [0.2, 0.25) is 0 Å². The quantitative estimate of drug-likeness (QED) is 0.748. The van der Waals surface area contributed by atoms with Gasteiger partial charge in [0.2, 0.25) is 0 Å². The first-order chi connectivity index (χ1) is 5.79. The Balaban J connectivity index is 2.21. The van der Waals surface area contributed by atoms with Gasteiger partial charge in [0.25, 0.3) is 0 Å². The molecular weight excluding hydrogens is 174 g/mol. The molecule has 5 heteroatoms. The molecule has 0 radical (unpaired) electrons. The fourth-order valence-electron chi connectivity index (χ4n) is 1.10. The molecule has 1 fully saturated rings. The molecule has 1 aliphatic rings. The molecule has 12 heavy (non-hydrogen) atoms. The van der Waals surface area contributed by atoms with Gasteiger partial charge in [0, 0.05) is 17.6 Å². The smallest absolute Gasteiger partial charge is 0.321 e. The highest BCUT2D eigenvalue weighted by Gasteiger charge is 2.33. The molecule has 0 aromatic carbocycles. The molecule has 2 amide bonds. The molecule has 0 spiro atoms. The summed E-state index contributed by atoms with van der Waals surface area (Å²) in [5.74, 6) is 0. The predicted octanol–water partition coefficient (Wildman–Crippen LogP) is 1.19. The van der Waals surface area contributed by atoms with E-state index >= 15 is 0 Å². The largest absolute Gasteiger partial charge is 0.351 e. The van der Waals surface area contributed by atoms with Crippen LogP contribution < -0.4 is 10.6 Å². The second kappa shape index (κ2) is 2.75. The Morgan fingerprint density at radius 3 is 2.92 bits per heavy atom. The van der Waals surface area contributed by atoms with Crippen molar-refractivity contribution >= 4 is 22.5 Å². The minimum Gasteiger partial charge on any atom is -0.351 e. The predicted molar refractivity (Wildman–Crippen MR) is 47.2 cm³/mol. The van der Waals surface area contributed by atoms with E-state index in [9.17, 15) is 4.79 Å². The van der Waals surface area contributed by atoms with Crippen molar-refractivity contribution in [3.63, 3.8) is 0 Å². The highest BCUT2D eigenvalue weighted by atomic mass is 32.1. The molecule has 1 aromatic heterocycles. The van der Waals surface area contributed by atoms with Gasteiger partial charge in [0.05, 0.1) is 0 Å². The van der Waals surface area contributed by atoms with Gasteiger partial charge in [-0.1, -0.05) is 0 Å². The van der Waals surface area contributed by atoms with Crippen molar-refractivity contribution in [3.8, 4) is 0 Å². The number of anilines is 1. The SMILES string of the molecule is NC(=O)N(c1nccs1)C1CC1. The molecule has 0 aliphatic heterocycles. The lowest BCUT2D eigenvalue weighted by atomic mass is 10.6. The number of aromatic nitrogens is 1. The molecule has 2 N–H and O–H groups in total. The monoisotopic (exact) mass is 183 g/mol. The Bertz CT molecular complexity index is 281. The molecule has 2 rings (SSSR count). The number of urea groups is 1. The van der Waals surface area contributed by atoms with Gasteiger partial charge in [-0.05, 0) is 12.8 Å². The van der Waals surface area contributed by atoms with Crippen LogP contribution in [0.4, 0.5) is 9.93 Å². The Morgan fingerprint density at radius 1 is 1.75 bits per heavy atom. The first-order valence-corrected chi connectivity index (χ1v) is 4.65. The number of primary amides is 1. The zero-order chi connectivity index (χ0) is 8.55. The summed E-state index contributed by atoms with van der Waals surface area (Å²) in [5, 5.41) is 2.55. The van der Waals surface area contributed by atoms with Crippen LogP contribution in [0.15, 0.2) is 11.6 Å². The second-order valence-corrected chi connectivity index (χ2v) is 3.63. The van der Waals surface area contributed by atoms with Crippen molar-refractivity contribution < 1.29 is 4.79 Å². The molecule has 1 saturated carbocycles. The van der Waals surface area contributed by atoms with Crippen molar-refractivity contribution in [2.24, 2.45) is 5.73 Å². The number of carbonyl (C=O) groups excluding carboxylic acids is 1. The highest BCUT2D eigenvalue weighted by Crippen LogP contribution is 2.32. The maximum atomic E-state index is 11.0. The van der Waals surface area contributed by atoms with Gasteiger partial charge in [0.1, 0.15) is 0 Å². The summed E-state index contributed by atoms with van der Waals surface area (Å²) in [7, 11) is 0. The molecule has 0 unspecified atom stereocenters. The number of nitrogens with zero attached hydrogens (tertiary/aromatic N) is 2. The summed E-state index contributed by atoms with van der Waals surface area (Å²) in [6.07, 6.45) is 3.77. The number of carbonyl (C=O) groups is 1. The minimum atomic E-state index is -0.396. The fraction of sp³-hybridized carbons (Fsp3) is 0.429. The van der Waals surface area contributed by atoms with E-state index in [0.717, 1.165) is 12.8 Å². The number of nitrogens with two attached hydrogens (primary N) is 1. The average molecular weight is 183 g/mol. The second-order valence-electron chi connectivity index (χ2n) is 2.75. The van der Waals surface area contributed by atoms with Crippen LogP contribution >= 0.6 is 11.3 Å². The zero-order valence-corrected chi connectivity index (χ0v) is 7.25. The van der Waals surface area contributed by atoms with Gasteiger partial charge < -0.3 is 5.73 Å². The van der Waals surface area contributed by atoms with Crippen LogP contribution in [0.1, 0.15) is 12.8 Å². The molecule has 4 nitrogen and oxygen atoms in total. The topological polar surface area (TPSA) is 59.2 Å². The molecule has 0 bridgehead atoms. The van der Waals surface area contributed by atoms with Crippen molar-refractivity contribution in [2.45, 2.75) is 18.9 Å². The normalized spacial score (nSPS) is 16.0. The third kappa shape index (κ3) is 1.27. The van der Waals surface area contributed by atoms with Crippen LogP contribution in [0.5, 0.6) is 0 Å². The lowest BCUT2D eigenvalue weighted by Gasteiger charge is -2.15. The van der Waals surface area contributed by atoms with Gasteiger partial charge in [-0.25, -0.2) is 9.78 Å². The van der Waals surface area contributed by atoms with E-state index in [1.54, 1.807) is 11.1 Å². The van der Waals surface area contributed by atoms with E-state index in [1.807, 2.05) is 5.38 Å². The molecule has 0 saturated heterocycles. The van der Waals surface area contributed by atoms with Gasteiger partial charge >= 0.3 is 6.03 Å². The number of hydrogen-bond donors (Lipinski definition) is 1. The van der Waals surface area contributed by atoms with Gasteiger partial charge in [-0.2, -0.15) is 0 Å². The highest BCUT2D eigenvalue weighted by molar-refractivity contribution is 7.13. The van der Waals surface area contributed by atoms with E-state index in [1.165, 1.54) is 11.3 Å². The van der Waals surface area contributed by atoms with E-state index in [0.29, 0.717) is 11.2 Å². The van der Waals surface area contributed by atoms with Crippen molar-refractivity contribution in [3.05, 3.63) is 11.6 Å². The third-order valence-electron chi connectivity index (χ3n) is 1.77. The maximum Gasteiger partial charge on any atom is 0.321 e. The molecule has 64 valence electrons.